The molecule has 1 aromatic rings. The molecule has 0 aromatic heterocycles. The lowest BCUT2D eigenvalue weighted by Crippen LogP contribution is -2.28. The molecule has 1 aliphatic carbocycles. The predicted molar refractivity (Wildman–Crippen MR) is 78.2 cm³/mol. The van der Waals surface area contributed by atoms with Crippen LogP contribution in [0.25, 0.3) is 0 Å². The van der Waals surface area contributed by atoms with Gasteiger partial charge in [-0.05, 0) is 49.3 Å². The molecule has 1 saturated carbocycles. The number of rotatable bonds is 2. The first-order chi connectivity index (χ1) is 8.49. The van der Waals surface area contributed by atoms with Crippen LogP contribution in [0, 0.1) is 11.8 Å². The van der Waals surface area contributed by atoms with Crippen LogP contribution in [0.4, 0.5) is 5.69 Å². The highest BCUT2D eigenvalue weighted by atomic mass is 35.5. The van der Waals surface area contributed by atoms with E-state index >= 15 is 0 Å². The molecule has 0 bridgehead atoms. The van der Waals surface area contributed by atoms with Gasteiger partial charge in [-0.3, -0.25) is 4.21 Å². The highest BCUT2D eigenvalue weighted by Gasteiger charge is 2.29. The molecule has 4 atom stereocenters. The third-order valence-corrected chi connectivity index (χ3v) is 6.12. The van der Waals surface area contributed by atoms with Crippen LogP contribution in [0.3, 0.4) is 0 Å². The topological polar surface area (TPSA) is 43.1 Å². The summed E-state index contributed by atoms with van der Waals surface area (Å²) in [7, 11) is -1.01. The monoisotopic (exact) mass is 285 g/mol. The van der Waals surface area contributed by atoms with Gasteiger partial charge in [-0.1, -0.05) is 25.4 Å². The number of halogens is 1. The minimum atomic E-state index is -1.01. The minimum absolute atomic E-state index is 0.236. The van der Waals surface area contributed by atoms with Crippen molar-refractivity contribution >= 4 is 28.1 Å². The highest BCUT2D eigenvalue weighted by Crippen LogP contribution is 2.35. The summed E-state index contributed by atoms with van der Waals surface area (Å²) < 4.78 is 12.6. The highest BCUT2D eigenvalue weighted by molar-refractivity contribution is 7.85. The molecule has 0 aliphatic heterocycles. The van der Waals surface area contributed by atoms with Crippen molar-refractivity contribution in [3.05, 3.63) is 23.2 Å². The zero-order chi connectivity index (χ0) is 13.3. The van der Waals surface area contributed by atoms with Gasteiger partial charge in [0.15, 0.2) is 0 Å². The van der Waals surface area contributed by atoms with Gasteiger partial charge in [-0.25, -0.2) is 0 Å². The number of nitrogen functional groups attached to an aromatic ring is 1. The first-order valence-electron chi connectivity index (χ1n) is 6.44. The number of nitrogens with two attached hydrogens (primary N) is 1. The normalized spacial score (nSPS) is 30.1. The van der Waals surface area contributed by atoms with Crippen molar-refractivity contribution in [2.45, 2.75) is 43.3 Å². The van der Waals surface area contributed by atoms with Crippen LogP contribution >= 0.6 is 11.6 Å². The van der Waals surface area contributed by atoms with Gasteiger partial charge in [0, 0.05) is 16.0 Å². The molecular weight excluding hydrogens is 266 g/mol. The molecule has 0 saturated heterocycles. The zero-order valence-corrected chi connectivity index (χ0v) is 12.4. The summed E-state index contributed by atoms with van der Waals surface area (Å²) in [6.45, 7) is 4.53. The van der Waals surface area contributed by atoms with Crippen molar-refractivity contribution in [2.24, 2.45) is 11.8 Å². The Morgan fingerprint density at radius 2 is 2.00 bits per heavy atom. The molecule has 0 spiro atoms. The second-order valence-electron chi connectivity index (χ2n) is 5.37. The fraction of sp³-hybridized carbons (Fsp3) is 0.571. The third kappa shape index (κ3) is 2.89. The fourth-order valence-electron chi connectivity index (χ4n) is 2.57. The summed E-state index contributed by atoms with van der Waals surface area (Å²) >= 11 is 5.87. The molecule has 0 radical (unpaired) electrons. The van der Waals surface area contributed by atoms with Crippen LogP contribution in [0.2, 0.25) is 5.02 Å². The van der Waals surface area contributed by atoms with Gasteiger partial charge in [0.25, 0.3) is 0 Å². The second kappa shape index (κ2) is 5.62. The first-order valence-corrected chi connectivity index (χ1v) is 8.03. The van der Waals surface area contributed by atoms with E-state index in [4.69, 9.17) is 17.3 Å². The predicted octanol–water partition coefficient (Wildman–Crippen LogP) is 3.85. The van der Waals surface area contributed by atoms with Crippen LogP contribution in [0.5, 0.6) is 0 Å². The SMILES string of the molecule is CC1CCC(S(=O)c2ccc(Cl)cc2N)CC1C. The molecule has 0 heterocycles. The Morgan fingerprint density at radius 3 is 2.61 bits per heavy atom. The Hall–Kier alpha value is -0.540. The summed E-state index contributed by atoms with van der Waals surface area (Å²) in [6, 6.07) is 5.25. The second-order valence-corrected chi connectivity index (χ2v) is 7.51. The Balaban J connectivity index is 2.16. The van der Waals surface area contributed by atoms with E-state index in [2.05, 4.69) is 13.8 Å². The smallest absolute Gasteiger partial charge is 0.0621 e. The van der Waals surface area contributed by atoms with Gasteiger partial charge in [0.2, 0.25) is 0 Å². The standard InChI is InChI=1S/C14H20ClNOS/c1-9-3-5-12(7-10(9)2)18(17)14-6-4-11(15)8-13(14)16/h4,6,8-10,12H,3,5,7,16H2,1-2H3. The lowest BCUT2D eigenvalue weighted by Gasteiger charge is -2.31. The van der Waals surface area contributed by atoms with Crippen molar-refractivity contribution in [2.75, 3.05) is 5.73 Å². The van der Waals surface area contributed by atoms with Crippen LogP contribution < -0.4 is 5.73 Å². The lowest BCUT2D eigenvalue weighted by atomic mass is 9.81. The Morgan fingerprint density at radius 1 is 1.28 bits per heavy atom. The van der Waals surface area contributed by atoms with Crippen LogP contribution in [0.15, 0.2) is 23.1 Å². The molecule has 1 aromatic carbocycles. The van der Waals surface area contributed by atoms with Gasteiger partial charge in [-0.2, -0.15) is 0 Å². The van der Waals surface area contributed by atoms with E-state index in [1.165, 1.54) is 0 Å². The quantitative estimate of drug-likeness (QED) is 0.839. The van der Waals surface area contributed by atoms with Gasteiger partial charge in [-0.15, -0.1) is 0 Å². The zero-order valence-electron chi connectivity index (χ0n) is 10.9. The van der Waals surface area contributed by atoms with E-state index in [0.717, 1.165) is 30.1 Å². The average molecular weight is 286 g/mol. The number of anilines is 1. The number of benzene rings is 1. The van der Waals surface area contributed by atoms with E-state index in [1.54, 1.807) is 18.2 Å². The molecule has 4 heteroatoms. The van der Waals surface area contributed by atoms with Crippen LogP contribution in [-0.2, 0) is 10.8 Å². The third-order valence-electron chi connectivity index (χ3n) is 4.04. The lowest BCUT2D eigenvalue weighted by molar-refractivity contribution is 0.281. The molecule has 2 N–H and O–H groups in total. The van der Waals surface area contributed by atoms with Gasteiger partial charge in [0.1, 0.15) is 0 Å². The van der Waals surface area contributed by atoms with Crippen molar-refractivity contribution in [3.63, 3.8) is 0 Å². The molecule has 100 valence electrons. The summed E-state index contributed by atoms with van der Waals surface area (Å²) in [5.74, 6) is 1.38. The fourth-order valence-corrected chi connectivity index (χ4v) is 4.44. The van der Waals surface area contributed by atoms with Crippen molar-refractivity contribution in [3.8, 4) is 0 Å². The van der Waals surface area contributed by atoms with Gasteiger partial charge < -0.3 is 5.73 Å². The molecule has 18 heavy (non-hydrogen) atoms. The maximum atomic E-state index is 12.6. The number of hydrogen-bond donors (Lipinski definition) is 1. The Labute approximate surface area is 116 Å². The molecule has 2 rings (SSSR count). The van der Waals surface area contributed by atoms with Crippen molar-refractivity contribution in [1.29, 1.82) is 0 Å². The minimum Gasteiger partial charge on any atom is -0.398 e. The van der Waals surface area contributed by atoms with Crippen molar-refractivity contribution in [1.82, 2.24) is 0 Å². The molecule has 4 unspecified atom stereocenters. The largest absolute Gasteiger partial charge is 0.398 e. The van der Waals surface area contributed by atoms with Gasteiger partial charge in [0.05, 0.1) is 15.7 Å². The van der Waals surface area contributed by atoms with E-state index in [0.29, 0.717) is 16.6 Å². The maximum absolute atomic E-state index is 12.6. The molecular formula is C14H20ClNOS. The Bertz CT molecular complexity index is 463. The van der Waals surface area contributed by atoms with E-state index in [-0.39, 0.29) is 5.25 Å². The van der Waals surface area contributed by atoms with Gasteiger partial charge >= 0.3 is 0 Å². The Kier molecular flexibility index (Phi) is 4.33. The summed E-state index contributed by atoms with van der Waals surface area (Å²) in [5, 5.41) is 0.832. The van der Waals surface area contributed by atoms with Crippen LogP contribution in [-0.4, -0.2) is 9.46 Å². The van der Waals surface area contributed by atoms with E-state index in [9.17, 15) is 4.21 Å². The molecule has 2 nitrogen and oxygen atoms in total. The summed E-state index contributed by atoms with van der Waals surface area (Å²) in [6.07, 6.45) is 3.21. The summed E-state index contributed by atoms with van der Waals surface area (Å²) in [4.78, 5) is 0.742. The maximum Gasteiger partial charge on any atom is 0.0621 e. The first kappa shape index (κ1) is 13.9. The summed E-state index contributed by atoms with van der Waals surface area (Å²) in [5.41, 5.74) is 6.46. The van der Waals surface area contributed by atoms with E-state index < -0.39 is 10.8 Å². The molecule has 1 aliphatic rings. The van der Waals surface area contributed by atoms with Crippen molar-refractivity contribution < 1.29 is 4.21 Å². The van der Waals surface area contributed by atoms with Crippen LogP contribution in [0.1, 0.15) is 33.1 Å². The number of hydrogen-bond acceptors (Lipinski definition) is 2. The molecule has 1 fully saturated rings. The average Bonchev–Trinajstić information content (AvgIpc) is 2.32. The van der Waals surface area contributed by atoms with E-state index in [1.807, 2.05) is 0 Å². The molecule has 0 amide bonds.